The molecule has 1 atom stereocenters. The normalized spacial score (nSPS) is 22.3. The van der Waals surface area contributed by atoms with Gasteiger partial charge in [-0.2, -0.15) is 0 Å². The van der Waals surface area contributed by atoms with E-state index in [0.717, 1.165) is 23.8 Å². The van der Waals surface area contributed by atoms with Crippen molar-refractivity contribution in [1.82, 2.24) is 29.7 Å². The maximum absolute atomic E-state index is 11.6. The maximum atomic E-state index is 11.6. The molecule has 3 heterocycles. The Labute approximate surface area is 204 Å². The number of aliphatic hydroxyl groups is 1. The van der Waals surface area contributed by atoms with E-state index in [2.05, 4.69) is 38.9 Å². The van der Waals surface area contributed by atoms with Crippen LogP contribution in [0.5, 0.6) is 0 Å². The molecule has 0 radical (unpaired) electrons. The second-order valence-corrected chi connectivity index (χ2v) is 11.4. The smallest absolute Gasteiger partial charge is 0.390 e. The summed E-state index contributed by atoms with van der Waals surface area (Å²) in [7, 11) is 0. The Bertz CT molecular complexity index is 1230. The van der Waals surface area contributed by atoms with Gasteiger partial charge in [0.05, 0.1) is 5.60 Å². The monoisotopic (exact) mass is 483 g/mol. The summed E-state index contributed by atoms with van der Waals surface area (Å²) >= 11 is 0. The molecule has 1 unspecified atom stereocenters. The van der Waals surface area contributed by atoms with E-state index < -0.39 is 11.4 Å². The van der Waals surface area contributed by atoms with Gasteiger partial charge in [0.15, 0.2) is 11.5 Å². The molecule has 10 heteroatoms. The van der Waals surface area contributed by atoms with Crippen molar-refractivity contribution in [3.05, 3.63) is 16.4 Å². The standard InChI is InChI=1S/C25H37N7O3/c1-14-8-10-16(11-9-14)13-32-18(12-25(3,4)34)27-21-19(32)20(26-15(2)17-6-5-7-17)28-22(29-21)23-30-24(33)35-31-23/h14-17,34H,5-13H2,1-4H3,(H,26,28,29)(H,30,31,33). The van der Waals surface area contributed by atoms with Gasteiger partial charge in [-0.05, 0) is 64.2 Å². The molecule has 2 aliphatic rings. The van der Waals surface area contributed by atoms with E-state index >= 15 is 0 Å². The molecular weight excluding hydrogens is 446 g/mol. The summed E-state index contributed by atoms with van der Waals surface area (Å²) < 4.78 is 6.92. The van der Waals surface area contributed by atoms with Crippen LogP contribution in [0.1, 0.15) is 78.5 Å². The van der Waals surface area contributed by atoms with Gasteiger partial charge in [-0.15, -0.1) is 0 Å². The SMILES string of the molecule is CC1CCC(Cn2c(CC(C)(C)O)nc3nc(-c4noc(=O)[nH]4)nc(NC(C)C4CCC4)c32)CC1. The van der Waals surface area contributed by atoms with Crippen molar-refractivity contribution in [3.8, 4) is 11.6 Å². The number of aromatic amines is 1. The van der Waals surface area contributed by atoms with Crippen LogP contribution in [0.15, 0.2) is 9.32 Å². The lowest BCUT2D eigenvalue weighted by Crippen LogP contribution is -2.31. The number of hydrogen-bond acceptors (Lipinski definition) is 8. The third-order valence-corrected chi connectivity index (χ3v) is 7.72. The van der Waals surface area contributed by atoms with Crippen LogP contribution in [0.2, 0.25) is 0 Å². The van der Waals surface area contributed by atoms with E-state index in [1.54, 1.807) is 13.8 Å². The molecule has 10 nitrogen and oxygen atoms in total. The Morgan fingerprint density at radius 2 is 1.91 bits per heavy atom. The fraction of sp³-hybridized carbons (Fsp3) is 0.720. The zero-order valence-electron chi connectivity index (χ0n) is 21.2. The van der Waals surface area contributed by atoms with Crippen LogP contribution in [0.4, 0.5) is 5.82 Å². The molecule has 2 aliphatic carbocycles. The lowest BCUT2D eigenvalue weighted by Gasteiger charge is -2.32. The highest BCUT2D eigenvalue weighted by molar-refractivity contribution is 5.85. The van der Waals surface area contributed by atoms with E-state index in [9.17, 15) is 9.90 Å². The van der Waals surface area contributed by atoms with Gasteiger partial charge in [-0.3, -0.25) is 9.51 Å². The van der Waals surface area contributed by atoms with Gasteiger partial charge >= 0.3 is 5.76 Å². The molecule has 0 aliphatic heterocycles. The van der Waals surface area contributed by atoms with Crippen LogP contribution < -0.4 is 11.1 Å². The molecule has 3 aromatic rings. The quantitative estimate of drug-likeness (QED) is 0.439. The molecule has 35 heavy (non-hydrogen) atoms. The van der Waals surface area contributed by atoms with Gasteiger partial charge < -0.3 is 15.0 Å². The summed E-state index contributed by atoms with van der Waals surface area (Å²) in [5.41, 5.74) is 0.467. The van der Waals surface area contributed by atoms with E-state index in [-0.39, 0.29) is 17.7 Å². The lowest BCUT2D eigenvalue weighted by atomic mass is 9.80. The first-order valence-corrected chi connectivity index (χ1v) is 13.0. The Morgan fingerprint density at radius 1 is 1.17 bits per heavy atom. The van der Waals surface area contributed by atoms with Crippen LogP contribution in [0.3, 0.4) is 0 Å². The molecule has 3 N–H and O–H groups in total. The van der Waals surface area contributed by atoms with E-state index in [4.69, 9.17) is 14.5 Å². The van der Waals surface area contributed by atoms with Crippen LogP contribution in [0, 0.1) is 17.8 Å². The number of aromatic nitrogens is 6. The van der Waals surface area contributed by atoms with Gasteiger partial charge in [0, 0.05) is 19.0 Å². The first-order valence-electron chi connectivity index (χ1n) is 13.0. The molecule has 0 spiro atoms. The fourth-order valence-electron chi connectivity index (χ4n) is 5.38. The minimum atomic E-state index is -0.916. The first-order chi connectivity index (χ1) is 16.7. The minimum Gasteiger partial charge on any atom is -0.390 e. The predicted molar refractivity (Wildman–Crippen MR) is 133 cm³/mol. The van der Waals surface area contributed by atoms with Crippen molar-refractivity contribution < 1.29 is 9.63 Å². The number of anilines is 1. The topological polar surface area (TPSA) is 135 Å². The first kappa shape index (κ1) is 24.0. The molecular formula is C25H37N7O3. The number of nitrogens with one attached hydrogen (secondary N) is 2. The molecule has 0 bridgehead atoms. The second kappa shape index (κ2) is 9.37. The molecule has 0 aromatic carbocycles. The number of hydrogen-bond donors (Lipinski definition) is 3. The maximum Gasteiger partial charge on any atom is 0.439 e. The van der Waals surface area contributed by atoms with Crippen molar-refractivity contribution in [2.24, 2.45) is 17.8 Å². The van der Waals surface area contributed by atoms with Gasteiger partial charge in [-0.1, -0.05) is 31.3 Å². The van der Waals surface area contributed by atoms with E-state index in [1.165, 1.54) is 44.9 Å². The summed E-state index contributed by atoms with van der Waals surface area (Å²) in [6.45, 7) is 8.94. The molecule has 5 rings (SSSR count). The molecule has 0 amide bonds. The summed E-state index contributed by atoms with van der Waals surface area (Å²) in [5.74, 6) is 3.19. The van der Waals surface area contributed by atoms with Crippen LogP contribution in [-0.4, -0.2) is 46.4 Å². The zero-order chi connectivity index (χ0) is 24.7. The Morgan fingerprint density at radius 3 is 2.51 bits per heavy atom. The Kier molecular flexibility index (Phi) is 6.41. The summed E-state index contributed by atoms with van der Waals surface area (Å²) in [5, 5.41) is 18.1. The van der Waals surface area contributed by atoms with Gasteiger partial charge in [-0.25, -0.2) is 19.7 Å². The zero-order valence-corrected chi connectivity index (χ0v) is 21.2. The van der Waals surface area contributed by atoms with Gasteiger partial charge in [0.2, 0.25) is 11.6 Å². The average Bonchev–Trinajstić information content (AvgIpc) is 3.31. The molecule has 2 saturated carbocycles. The van der Waals surface area contributed by atoms with E-state index in [0.29, 0.717) is 29.7 Å². The molecule has 190 valence electrons. The largest absolute Gasteiger partial charge is 0.439 e. The van der Waals surface area contributed by atoms with Crippen molar-refractivity contribution in [1.29, 1.82) is 0 Å². The number of imidazole rings is 1. The van der Waals surface area contributed by atoms with Crippen molar-refractivity contribution in [2.45, 2.75) is 97.2 Å². The predicted octanol–water partition coefficient (Wildman–Crippen LogP) is 3.91. The summed E-state index contributed by atoms with van der Waals surface area (Å²) in [6, 6.07) is 0.239. The van der Waals surface area contributed by atoms with Gasteiger partial charge in [0.1, 0.15) is 11.3 Å². The number of fused-ring (bicyclic) bond motifs is 1. The highest BCUT2D eigenvalue weighted by atomic mass is 16.5. The molecule has 2 fully saturated rings. The Hall–Kier alpha value is -2.75. The highest BCUT2D eigenvalue weighted by Crippen LogP contribution is 2.35. The summed E-state index contributed by atoms with van der Waals surface area (Å²) in [4.78, 5) is 28.5. The van der Waals surface area contributed by atoms with Crippen molar-refractivity contribution in [3.63, 3.8) is 0 Å². The van der Waals surface area contributed by atoms with Crippen molar-refractivity contribution in [2.75, 3.05) is 5.32 Å². The minimum absolute atomic E-state index is 0.177. The Balaban J connectivity index is 1.62. The lowest BCUT2D eigenvalue weighted by molar-refractivity contribution is 0.0775. The average molecular weight is 484 g/mol. The third kappa shape index (κ3) is 5.27. The van der Waals surface area contributed by atoms with E-state index in [1.807, 2.05) is 0 Å². The van der Waals surface area contributed by atoms with Crippen LogP contribution in [-0.2, 0) is 13.0 Å². The molecule has 0 saturated heterocycles. The highest BCUT2D eigenvalue weighted by Gasteiger charge is 2.29. The van der Waals surface area contributed by atoms with Gasteiger partial charge in [0.25, 0.3) is 0 Å². The second-order valence-electron chi connectivity index (χ2n) is 11.4. The fourth-order valence-corrected chi connectivity index (χ4v) is 5.38. The third-order valence-electron chi connectivity index (χ3n) is 7.72. The number of rotatable bonds is 8. The number of nitrogens with zero attached hydrogens (tertiary/aromatic N) is 5. The number of H-pyrrole nitrogens is 1. The molecule has 3 aromatic heterocycles. The van der Waals surface area contributed by atoms with Crippen LogP contribution in [0.25, 0.3) is 22.8 Å². The van der Waals surface area contributed by atoms with Crippen molar-refractivity contribution >= 4 is 17.0 Å². The van der Waals surface area contributed by atoms with Crippen LogP contribution >= 0.6 is 0 Å². The summed E-state index contributed by atoms with van der Waals surface area (Å²) in [6.07, 6.45) is 8.91.